The molecule has 0 atom stereocenters. The van der Waals surface area contributed by atoms with Crippen molar-refractivity contribution in [3.05, 3.63) is 101 Å². The molecule has 140 valence electrons. The predicted molar refractivity (Wildman–Crippen MR) is 109 cm³/mol. The van der Waals surface area contributed by atoms with E-state index in [0.29, 0.717) is 18.1 Å². The van der Waals surface area contributed by atoms with E-state index in [-0.39, 0.29) is 5.82 Å². The summed E-state index contributed by atoms with van der Waals surface area (Å²) in [5, 5.41) is 8.80. The smallest absolute Gasteiger partial charge is 0.123 e. The molecule has 0 saturated carbocycles. The van der Waals surface area contributed by atoms with E-state index in [9.17, 15) is 4.39 Å². The van der Waals surface area contributed by atoms with Crippen molar-refractivity contribution in [3.8, 4) is 16.9 Å². The van der Waals surface area contributed by atoms with E-state index in [0.717, 1.165) is 28.1 Å². The number of nitrogens with zero attached hydrogens (tertiary/aromatic N) is 3. The molecule has 28 heavy (non-hydrogen) atoms. The maximum absolute atomic E-state index is 13.3. The van der Waals surface area contributed by atoms with Crippen LogP contribution in [0.5, 0.6) is 0 Å². The van der Waals surface area contributed by atoms with Crippen molar-refractivity contribution in [3.63, 3.8) is 0 Å². The van der Waals surface area contributed by atoms with Gasteiger partial charge >= 0.3 is 0 Å². The van der Waals surface area contributed by atoms with Gasteiger partial charge in [0.05, 0.1) is 16.4 Å². The normalized spacial score (nSPS) is 10.9. The fraction of sp³-hybridized carbons (Fsp3) is 0.0909. The third-order valence-electron chi connectivity index (χ3n) is 4.40. The predicted octanol–water partition coefficient (Wildman–Crippen LogP) is 5.02. The van der Waals surface area contributed by atoms with Gasteiger partial charge in [-0.05, 0) is 48.0 Å². The molecule has 6 heteroatoms. The van der Waals surface area contributed by atoms with Crippen LogP contribution in [0.4, 0.5) is 4.39 Å². The van der Waals surface area contributed by atoms with Crippen LogP contribution in [0.2, 0.25) is 5.02 Å². The highest BCUT2D eigenvalue weighted by atomic mass is 35.5. The molecule has 0 unspecified atom stereocenters. The second kappa shape index (κ2) is 8.33. The zero-order valence-electron chi connectivity index (χ0n) is 15.0. The van der Waals surface area contributed by atoms with Crippen molar-refractivity contribution < 1.29 is 4.39 Å². The largest absolute Gasteiger partial charge is 0.308 e. The molecule has 0 aliphatic carbocycles. The van der Waals surface area contributed by atoms with Crippen molar-refractivity contribution in [1.82, 2.24) is 20.1 Å². The number of aromatic nitrogens is 3. The number of benzene rings is 2. The summed E-state index contributed by atoms with van der Waals surface area (Å²) < 4.78 is 15.0. The third-order valence-corrected chi connectivity index (χ3v) is 4.73. The average molecular weight is 393 g/mol. The number of nitrogens with one attached hydrogen (secondary N) is 1. The SMILES string of the molecule is Fc1ccc(-n2cc(CNCc3ccncc3)c(-c3ccccc3Cl)n2)cc1. The van der Waals surface area contributed by atoms with E-state index in [1.807, 2.05) is 42.6 Å². The van der Waals surface area contributed by atoms with Gasteiger partial charge in [0.15, 0.2) is 0 Å². The Balaban J connectivity index is 1.64. The van der Waals surface area contributed by atoms with Gasteiger partial charge < -0.3 is 5.32 Å². The highest BCUT2D eigenvalue weighted by Gasteiger charge is 2.14. The van der Waals surface area contributed by atoms with Crippen molar-refractivity contribution in [2.24, 2.45) is 0 Å². The van der Waals surface area contributed by atoms with Crippen LogP contribution in [0, 0.1) is 5.82 Å². The Morgan fingerprint density at radius 3 is 2.43 bits per heavy atom. The monoisotopic (exact) mass is 392 g/mol. The summed E-state index contributed by atoms with van der Waals surface area (Å²) >= 11 is 6.41. The first-order valence-electron chi connectivity index (χ1n) is 8.90. The Labute approximate surface area is 167 Å². The second-order valence-electron chi connectivity index (χ2n) is 6.36. The fourth-order valence-electron chi connectivity index (χ4n) is 2.99. The Hall–Kier alpha value is -3.02. The van der Waals surface area contributed by atoms with E-state index >= 15 is 0 Å². The molecule has 4 nitrogen and oxygen atoms in total. The summed E-state index contributed by atoms with van der Waals surface area (Å²) in [6, 6.07) is 17.8. The zero-order valence-corrected chi connectivity index (χ0v) is 15.8. The summed E-state index contributed by atoms with van der Waals surface area (Å²) in [5.41, 5.74) is 4.62. The van der Waals surface area contributed by atoms with Gasteiger partial charge in [0.25, 0.3) is 0 Å². The van der Waals surface area contributed by atoms with E-state index in [4.69, 9.17) is 16.7 Å². The maximum Gasteiger partial charge on any atom is 0.123 e. The summed E-state index contributed by atoms with van der Waals surface area (Å²) in [4.78, 5) is 4.04. The van der Waals surface area contributed by atoms with Gasteiger partial charge in [0.1, 0.15) is 5.82 Å². The lowest BCUT2D eigenvalue weighted by molar-refractivity contribution is 0.627. The van der Waals surface area contributed by atoms with E-state index in [1.165, 1.54) is 12.1 Å². The molecular weight excluding hydrogens is 375 g/mol. The summed E-state index contributed by atoms with van der Waals surface area (Å²) in [6.45, 7) is 1.33. The molecule has 4 rings (SSSR count). The van der Waals surface area contributed by atoms with Crippen LogP contribution < -0.4 is 5.32 Å². The number of halogens is 2. The van der Waals surface area contributed by atoms with Gasteiger partial charge in [-0.1, -0.05) is 29.8 Å². The molecule has 2 aromatic heterocycles. The van der Waals surface area contributed by atoms with E-state index < -0.39 is 0 Å². The van der Waals surface area contributed by atoms with Crippen LogP contribution in [-0.4, -0.2) is 14.8 Å². The molecular formula is C22H18ClFN4. The highest BCUT2D eigenvalue weighted by Crippen LogP contribution is 2.30. The zero-order chi connectivity index (χ0) is 19.3. The molecule has 2 aromatic carbocycles. The van der Waals surface area contributed by atoms with Crippen LogP contribution in [-0.2, 0) is 13.1 Å². The first-order chi connectivity index (χ1) is 13.7. The average Bonchev–Trinajstić information content (AvgIpc) is 3.13. The van der Waals surface area contributed by atoms with Crippen LogP contribution in [0.15, 0.2) is 79.3 Å². The van der Waals surface area contributed by atoms with Crippen molar-refractivity contribution in [2.75, 3.05) is 0 Å². The molecule has 0 aliphatic rings. The number of rotatable bonds is 6. The van der Waals surface area contributed by atoms with Crippen molar-refractivity contribution in [2.45, 2.75) is 13.1 Å². The fourth-order valence-corrected chi connectivity index (χ4v) is 3.21. The Morgan fingerprint density at radius 1 is 0.929 bits per heavy atom. The molecule has 0 spiro atoms. The molecule has 0 aliphatic heterocycles. The quantitative estimate of drug-likeness (QED) is 0.501. The van der Waals surface area contributed by atoms with Gasteiger partial charge in [-0.25, -0.2) is 9.07 Å². The van der Waals surface area contributed by atoms with Gasteiger partial charge in [0, 0.05) is 42.8 Å². The molecule has 0 bridgehead atoms. The van der Waals surface area contributed by atoms with Gasteiger partial charge in [0.2, 0.25) is 0 Å². The minimum Gasteiger partial charge on any atom is -0.308 e. The van der Waals surface area contributed by atoms with Gasteiger partial charge in [-0.3, -0.25) is 4.98 Å². The minimum absolute atomic E-state index is 0.276. The van der Waals surface area contributed by atoms with Crippen molar-refractivity contribution >= 4 is 11.6 Å². The van der Waals surface area contributed by atoms with Gasteiger partial charge in [-0.15, -0.1) is 0 Å². The van der Waals surface area contributed by atoms with Crippen molar-refractivity contribution in [1.29, 1.82) is 0 Å². The van der Waals surface area contributed by atoms with Crippen LogP contribution in [0.25, 0.3) is 16.9 Å². The van der Waals surface area contributed by atoms with Crippen LogP contribution in [0.1, 0.15) is 11.1 Å². The standard InChI is InChI=1S/C22H18ClFN4/c23-21-4-2-1-3-20(21)22-17(14-26-13-16-9-11-25-12-10-16)15-28(27-22)19-7-5-18(24)6-8-19/h1-12,15,26H,13-14H2. The van der Waals surface area contributed by atoms with Crippen LogP contribution in [0.3, 0.4) is 0 Å². The van der Waals surface area contributed by atoms with E-state index in [1.54, 1.807) is 29.2 Å². The lowest BCUT2D eigenvalue weighted by atomic mass is 10.1. The summed E-state index contributed by atoms with van der Waals surface area (Å²) in [7, 11) is 0. The molecule has 0 radical (unpaired) electrons. The lowest BCUT2D eigenvalue weighted by Crippen LogP contribution is -2.12. The number of pyridine rings is 1. The lowest BCUT2D eigenvalue weighted by Gasteiger charge is -2.06. The Bertz CT molecular complexity index is 1060. The topological polar surface area (TPSA) is 42.7 Å². The maximum atomic E-state index is 13.3. The first-order valence-corrected chi connectivity index (χ1v) is 9.27. The molecule has 4 aromatic rings. The molecule has 0 saturated heterocycles. The number of hydrogen-bond donors (Lipinski definition) is 1. The second-order valence-corrected chi connectivity index (χ2v) is 6.77. The number of hydrogen-bond acceptors (Lipinski definition) is 3. The first kappa shape index (κ1) is 18.3. The highest BCUT2D eigenvalue weighted by molar-refractivity contribution is 6.33. The summed E-state index contributed by atoms with van der Waals surface area (Å²) in [5.74, 6) is -0.276. The third kappa shape index (κ3) is 4.11. The van der Waals surface area contributed by atoms with E-state index in [2.05, 4.69) is 10.3 Å². The molecule has 1 N–H and O–H groups in total. The van der Waals surface area contributed by atoms with Gasteiger partial charge in [-0.2, -0.15) is 5.10 Å². The molecule has 0 amide bonds. The molecule has 0 fully saturated rings. The minimum atomic E-state index is -0.276. The Morgan fingerprint density at radius 2 is 1.68 bits per heavy atom. The van der Waals surface area contributed by atoms with Crippen LogP contribution >= 0.6 is 11.6 Å². The molecule has 2 heterocycles. The summed E-state index contributed by atoms with van der Waals surface area (Å²) in [6.07, 6.45) is 5.50. The Kier molecular flexibility index (Phi) is 5.46.